The van der Waals surface area contributed by atoms with Crippen molar-refractivity contribution in [1.29, 1.82) is 0 Å². The summed E-state index contributed by atoms with van der Waals surface area (Å²) in [5.41, 5.74) is 0.969. The lowest BCUT2D eigenvalue weighted by Gasteiger charge is -2.19. The normalized spacial score (nSPS) is 16.7. The Morgan fingerprint density at radius 3 is 2.54 bits per heavy atom. The van der Waals surface area contributed by atoms with Crippen LogP contribution in [0.3, 0.4) is 0 Å². The number of anilines is 2. The van der Waals surface area contributed by atoms with Gasteiger partial charge in [0.25, 0.3) is 5.91 Å². The number of ether oxygens (including phenoxy) is 1. The Bertz CT molecular complexity index is 882. The second kappa shape index (κ2) is 7.05. The van der Waals surface area contributed by atoms with Gasteiger partial charge in [-0.2, -0.15) is 0 Å². The summed E-state index contributed by atoms with van der Waals surface area (Å²) in [6.45, 7) is 0. The Labute approximate surface area is 154 Å². The van der Waals surface area contributed by atoms with E-state index in [9.17, 15) is 14.4 Å². The number of nitrogens with one attached hydrogen (secondary N) is 1. The Morgan fingerprint density at radius 1 is 1.23 bits per heavy atom. The number of hydrogen-bond acceptors (Lipinski definition) is 5. The first-order chi connectivity index (χ1) is 12.4. The number of nitrogens with zero attached hydrogens (tertiary/aromatic N) is 1. The lowest BCUT2D eigenvalue weighted by atomic mass is 10.2. The zero-order chi connectivity index (χ0) is 18.8. The smallest absolute Gasteiger partial charge is 0.335 e. The number of methoxy groups -OCH3 is 1. The van der Waals surface area contributed by atoms with Crippen LogP contribution in [0.15, 0.2) is 42.5 Å². The van der Waals surface area contributed by atoms with Gasteiger partial charge in [0.15, 0.2) is 0 Å². The molecule has 26 heavy (non-hydrogen) atoms. The summed E-state index contributed by atoms with van der Waals surface area (Å²) in [4.78, 5) is 37.1. The molecule has 2 aromatic carbocycles. The van der Waals surface area contributed by atoms with E-state index >= 15 is 0 Å². The Kier molecular flexibility index (Phi) is 4.81. The van der Waals surface area contributed by atoms with Crippen LogP contribution < -0.4 is 15.0 Å². The quantitative estimate of drug-likeness (QED) is 0.781. The maximum atomic E-state index is 12.7. The molecule has 3 rings (SSSR count). The van der Waals surface area contributed by atoms with Crippen LogP contribution in [-0.2, 0) is 9.59 Å². The number of carboxylic acids is 1. The molecule has 0 aromatic heterocycles. The second-order valence-electron chi connectivity index (χ2n) is 5.67. The molecule has 0 bridgehead atoms. The zero-order valence-electron chi connectivity index (χ0n) is 13.7. The number of carbonyl (C=O) groups is 3. The summed E-state index contributed by atoms with van der Waals surface area (Å²) >= 11 is 5.99. The predicted molar refractivity (Wildman–Crippen MR) is 95.9 cm³/mol. The van der Waals surface area contributed by atoms with E-state index in [1.165, 1.54) is 25.3 Å². The molecule has 1 fully saturated rings. The van der Waals surface area contributed by atoms with Crippen molar-refractivity contribution < 1.29 is 24.2 Å². The molecular weight excluding hydrogens is 360 g/mol. The van der Waals surface area contributed by atoms with E-state index < -0.39 is 17.9 Å². The van der Waals surface area contributed by atoms with Gasteiger partial charge in [0.1, 0.15) is 11.8 Å². The highest BCUT2D eigenvalue weighted by atomic mass is 35.5. The number of carboxylic acid groups (broad SMARTS) is 1. The monoisotopic (exact) mass is 374 g/mol. The van der Waals surface area contributed by atoms with Crippen LogP contribution in [0, 0.1) is 0 Å². The number of rotatable bonds is 5. The molecule has 0 radical (unpaired) electrons. The topological polar surface area (TPSA) is 95.9 Å². The number of amides is 2. The molecule has 1 saturated heterocycles. The minimum absolute atomic E-state index is 0.0326. The number of halogens is 1. The van der Waals surface area contributed by atoms with Crippen LogP contribution in [0.5, 0.6) is 5.75 Å². The van der Waals surface area contributed by atoms with E-state index in [1.807, 2.05) is 0 Å². The van der Waals surface area contributed by atoms with Crippen LogP contribution in [0.4, 0.5) is 11.4 Å². The number of benzene rings is 2. The Morgan fingerprint density at radius 2 is 1.92 bits per heavy atom. The largest absolute Gasteiger partial charge is 0.495 e. The number of aromatic carboxylic acids is 1. The first-order valence-electron chi connectivity index (χ1n) is 7.71. The van der Waals surface area contributed by atoms with Gasteiger partial charge < -0.3 is 15.2 Å². The van der Waals surface area contributed by atoms with Gasteiger partial charge in [-0.3, -0.25) is 9.59 Å². The molecule has 1 heterocycles. The molecule has 1 aliphatic rings. The van der Waals surface area contributed by atoms with E-state index in [2.05, 4.69) is 5.32 Å². The maximum absolute atomic E-state index is 12.7. The molecule has 2 aromatic rings. The van der Waals surface area contributed by atoms with Crippen molar-refractivity contribution >= 4 is 40.8 Å². The molecule has 8 heteroatoms. The minimum Gasteiger partial charge on any atom is -0.495 e. The lowest BCUT2D eigenvalue weighted by Crippen LogP contribution is -2.35. The third kappa shape index (κ3) is 3.34. The van der Waals surface area contributed by atoms with Crippen molar-refractivity contribution in [2.45, 2.75) is 12.5 Å². The first-order valence-corrected chi connectivity index (χ1v) is 8.08. The van der Waals surface area contributed by atoms with Gasteiger partial charge in [-0.05, 0) is 42.5 Å². The molecule has 1 aliphatic heterocycles. The van der Waals surface area contributed by atoms with Crippen LogP contribution >= 0.6 is 11.6 Å². The van der Waals surface area contributed by atoms with E-state index in [4.69, 9.17) is 21.4 Å². The zero-order valence-corrected chi connectivity index (χ0v) is 14.5. The van der Waals surface area contributed by atoms with E-state index in [-0.39, 0.29) is 17.9 Å². The second-order valence-corrected chi connectivity index (χ2v) is 6.10. The van der Waals surface area contributed by atoms with Crippen molar-refractivity contribution in [2.24, 2.45) is 0 Å². The summed E-state index contributed by atoms with van der Waals surface area (Å²) in [6, 6.07) is 9.86. The van der Waals surface area contributed by atoms with Crippen molar-refractivity contribution in [3.05, 3.63) is 53.1 Å². The van der Waals surface area contributed by atoms with Gasteiger partial charge in [-0.15, -0.1) is 0 Å². The predicted octanol–water partition coefficient (Wildman–Crippen LogP) is 2.79. The van der Waals surface area contributed by atoms with Crippen LogP contribution in [0.1, 0.15) is 16.8 Å². The third-order valence-corrected chi connectivity index (χ3v) is 4.24. The molecule has 2 N–H and O–H groups in total. The highest BCUT2D eigenvalue weighted by Crippen LogP contribution is 2.35. The van der Waals surface area contributed by atoms with Gasteiger partial charge in [0, 0.05) is 10.7 Å². The molecular formula is C18H15ClN2O5. The molecule has 0 saturated carbocycles. The molecule has 0 aliphatic carbocycles. The summed E-state index contributed by atoms with van der Waals surface area (Å²) < 4.78 is 5.22. The van der Waals surface area contributed by atoms with Crippen molar-refractivity contribution in [3.8, 4) is 5.75 Å². The van der Waals surface area contributed by atoms with Crippen molar-refractivity contribution in [1.82, 2.24) is 0 Å². The lowest BCUT2D eigenvalue weighted by molar-refractivity contribution is -0.121. The number of hydrogen-bond donors (Lipinski definition) is 2. The highest BCUT2D eigenvalue weighted by molar-refractivity contribution is 6.31. The van der Waals surface area contributed by atoms with E-state index in [0.29, 0.717) is 22.1 Å². The molecule has 0 spiro atoms. The van der Waals surface area contributed by atoms with Gasteiger partial charge in [0.2, 0.25) is 5.91 Å². The van der Waals surface area contributed by atoms with Gasteiger partial charge in [0.05, 0.1) is 24.8 Å². The fourth-order valence-corrected chi connectivity index (χ4v) is 2.91. The highest BCUT2D eigenvalue weighted by Gasteiger charge is 2.40. The Balaban J connectivity index is 1.83. The number of imide groups is 1. The minimum atomic E-state index is -1.04. The van der Waals surface area contributed by atoms with Crippen molar-refractivity contribution in [2.75, 3.05) is 17.3 Å². The van der Waals surface area contributed by atoms with Gasteiger partial charge in [-0.25, -0.2) is 9.69 Å². The van der Waals surface area contributed by atoms with E-state index in [0.717, 1.165) is 4.90 Å². The molecule has 0 unspecified atom stereocenters. The van der Waals surface area contributed by atoms with E-state index in [1.54, 1.807) is 24.3 Å². The van der Waals surface area contributed by atoms with Crippen LogP contribution in [0.25, 0.3) is 0 Å². The maximum Gasteiger partial charge on any atom is 0.335 e. The van der Waals surface area contributed by atoms with Crippen LogP contribution in [0.2, 0.25) is 5.02 Å². The van der Waals surface area contributed by atoms with Gasteiger partial charge in [-0.1, -0.05) is 11.6 Å². The summed E-state index contributed by atoms with van der Waals surface area (Å²) in [5, 5.41) is 12.3. The SMILES string of the molecule is COc1ccc(Cl)cc1N1C(=O)C[C@@H](Nc2ccc(C(=O)O)cc2)C1=O. The molecule has 7 nitrogen and oxygen atoms in total. The van der Waals surface area contributed by atoms with Gasteiger partial charge >= 0.3 is 5.97 Å². The molecule has 2 amide bonds. The fraction of sp³-hybridized carbons (Fsp3) is 0.167. The molecule has 134 valence electrons. The fourth-order valence-electron chi connectivity index (χ4n) is 2.75. The standard InChI is InChI=1S/C18H15ClN2O5/c1-26-15-7-4-11(19)8-14(15)21-16(22)9-13(17(21)23)20-12-5-2-10(3-6-12)18(24)25/h2-8,13,20H,9H2,1H3,(H,24,25)/t13-/m1/s1. The first kappa shape index (κ1) is 17.8. The third-order valence-electron chi connectivity index (χ3n) is 4.00. The summed E-state index contributed by atoms with van der Waals surface area (Å²) in [5.74, 6) is -1.49. The number of carbonyl (C=O) groups excluding carboxylic acids is 2. The van der Waals surface area contributed by atoms with Crippen molar-refractivity contribution in [3.63, 3.8) is 0 Å². The van der Waals surface area contributed by atoms with Crippen LogP contribution in [-0.4, -0.2) is 36.0 Å². The summed E-state index contributed by atoms with van der Waals surface area (Å²) in [7, 11) is 1.44. The Hall–Kier alpha value is -3.06. The summed E-state index contributed by atoms with van der Waals surface area (Å²) in [6.07, 6.45) is -0.0326. The molecule has 1 atom stereocenters. The average molecular weight is 375 g/mol. The average Bonchev–Trinajstić information content (AvgIpc) is 2.89.